The molecule has 0 saturated carbocycles. The Morgan fingerprint density at radius 3 is 2.65 bits per heavy atom. The molecule has 0 radical (unpaired) electrons. The van der Waals surface area contributed by atoms with E-state index in [0.29, 0.717) is 16.3 Å². The summed E-state index contributed by atoms with van der Waals surface area (Å²) < 4.78 is 5.48. The number of hydrogen-bond acceptors (Lipinski definition) is 3. The average Bonchev–Trinajstić information content (AvgIpc) is 2.46. The first-order valence-electron chi connectivity index (χ1n) is 6.58. The van der Waals surface area contributed by atoms with E-state index in [9.17, 15) is 4.79 Å². The predicted octanol–water partition coefficient (Wildman–Crippen LogP) is 2.37. The Balaban J connectivity index is 1.93. The predicted molar refractivity (Wildman–Crippen MR) is 83.3 cm³/mol. The van der Waals surface area contributed by atoms with Crippen LogP contribution in [0.15, 0.2) is 18.2 Å². The van der Waals surface area contributed by atoms with E-state index in [4.69, 9.17) is 34.3 Å². The fraction of sp³-hybridized carbons (Fsp3) is 0.429. The van der Waals surface area contributed by atoms with Crippen LogP contribution in [0.2, 0.25) is 5.02 Å². The van der Waals surface area contributed by atoms with Crippen LogP contribution >= 0.6 is 23.8 Å². The van der Waals surface area contributed by atoms with Gasteiger partial charge in [0, 0.05) is 18.7 Å². The van der Waals surface area contributed by atoms with E-state index in [1.165, 1.54) is 6.42 Å². The van der Waals surface area contributed by atoms with E-state index in [2.05, 4.69) is 0 Å². The highest BCUT2D eigenvalue weighted by Crippen LogP contribution is 2.25. The smallest absolute Gasteiger partial charge is 0.260 e. The Hall–Kier alpha value is -1.33. The van der Waals surface area contributed by atoms with Crippen LogP contribution < -0.4 is 10.5 Å². The number of thiocarbonyl (C=S) groups is 1. The molecule has 1 aromatic rings. The van der Waals surface area contributed by atoms with Crippen molar-refractivity contribution in [3.05, 3.63) is 28.8 Å². The van der Waals surface area contributed by atoms with Crippen LogP contribution in [0, 0.1) is 0 Å². The van der Waals surface area contributed by atoms with Gasteiger partial charge in [-0.3, -0.25) is 4.79 Å². The molecule has 1 aromatic carbocycles. The Morgan fingerprint density at radius 2 is 2.05 bits per heavy atom. The molecule has 1 heterocycles. The maximum Gasteiger partial charge on any atom is 0.260 e. The van der Waals surface area contributed by atoms with E-state index >= 15 is 0 Å². The third-order valence-corrected chi connectivity index (χ3v) is 3.81. The fourth-order valence-corrected chi connectivity index (χ4v) is 2.51. The van der Waals surface area contributed by atoms with Crippen LogP contribution in [0.25, 0.3) is 0 Å². The molecule has 1 aliphatic rings. The second kappa shape index (κ2) is 6.90. The van der Waals surface area contributed by atoms with Gasteiger partial charge in [-0.25, -0.2) is 0 Å². The van der Waals surface area contributed by atoms with Crippen molar-refractivity contribution in [1.82, 2.24) is 4.90 Å². The molecule has 1 aliphatic heterocycles. The summed E-state index contributed by atoms with van der Waals surface area (Å²) in [5.74, 6) is 0.469. The van der Waals surface area contributed by atoms with Crippen molar-refractivity contribution in [2.24, 2.45) is 5.73 Å². The summed E-state index contributed by atoms with van der Waals surface area (Å²) in [6, 6.07) is 5.06. The van der Waals surface area contributed by atoms with Gasteiger partial charge in [0.25, 0.3) is 5.91 Å². The molecule has 1 fully saturated rings. The Kier molecular flexibility index (Phi) is 5.20. The van der Waals surface area contributed by atoms with Gasteiger partial charge in [0.2, 0.25) is 0 Å². The third kappa shape index (κ3) is 3.84. The van der Waals surface area contributed by atoms with Crippen LogP contribution in [-0.4, -0.2) is 35.5 Å². The number of amides is 1. The Bertz CT molecular complexity index is 516. The molecule has 2 rings (SSSR count). The number of nitrogens with two attached hydrogens (primary N) is 1. The summed E-state index contributed by atoms with van der Waals surface area (Å²) in [7, 11) is 0. The molecule has 0 aromatic heterocycles. The number of likely N-dealkylation sites (tertiary alicyclic amines) is 1. The topological polar surface area (TPSA) is 55.6 Å². The van der Waals surface area contributed by atoms with E-state index in [1.54, 1.807) is 18.2 Å². The van der Waals surface area contributed by atoms with Gasteiger partial charge in [-0.1, -0.05) is 23.8 Å². The van der Waals surface area contributed by atoms with Gasteiger partial charge in [-0.15, -0.1) is 0 Å². The molecular weight excluding hydrogens is 296 g/mol. The molecule has 0 spiro atoms. The zero-order valence-corrected chi connectivity index (χ0v) is 12.7. The average molecular weight is 313 g/mol. The highest BCUT2D eigenvalue weighted by atomic mass is 35.5. The number of nitrogens with zero attached hydrogens (tertiary/aromatic N) is 1. The van der Waals surface area contributed by atoms with E-state index in [0.717, 1.165) is 25.9 Å². The molecule has 4 nitrogen and oxygen atoms in total. The molecule has 0 unspecified atom stereocenters. The summed E-state index contributed by atoms with van der Waals surface area (Å²) in [5.41, 5.74) is 6.20. The van der Waals surface area contributed by atoms with Crippen LogP contribution in [0.3, 0.4) is 0 Å². The normalized spacial score (nSPS) is 14.9. The molecule has 6 heteroatoms. The zero-order chi connectivity index (χ0) is 14.5. The number of carbonyl (C=O) groups is 1. The largest absolute Gasteiger partial charge is 0.482 e. The number of piperidine rings is 1. The molecular formula is C14H17ClN2O2S. The molecule has 1 amide bonds. The highest BCUT2D eigenvalue weighted by Gasteiger charge is 2.17. The lowest BCUT2D eigenvalue weighted by molar-refractivity contribution is -0.134. The van der Waals surface area contributed by atoms with Crippen molar-refractivity contribution < 1.29 is 9.53 Å². The summed E-state index contributed by atoms with van der Waals surface area (Å²) in [4.78, 5) is 14.1. The molecule has 1 saturated heterocycles. The molecule has 0 aliphatic carbocycles. The van der Waals surface area contributed by atoms with Gasteiger partial charge in [-0.2, -0.15) is 0 Å². The number of halogens is 1. The first kappa shape index (κ1) is 15.1. The maximum atomic E-state index is 12.0. The van der Waals surface area contributed by atoms with Gasteiger partial charge >= 0.3 is 0 Å². The second-order valence-corrected chi connectivity index (χ2v) is 5.59. The fourth-order valence-electron chi connectivity index (χ4n) is 2.15. The molecule has 20 heavy (non-hydrogen) atoms. The molecule has 0 atom stereocenters. The monoisotopic (exact) mass is 312 g/mol. The summed E-state index contributed by atoms with van der Waals surface area (Å²) in [6.45, 7) is 1.64. The molecule has 108 valence electrons. The van der Waals surface area contributed by atoms with Crippen molar-refractivity contribution in [3.63, 3.8) is 0 Å². The molecule has 2 N–H and O–H groups in total. The zero-order valence-electron chi connectivity index (χ0n) is 11.1. The maximum absolute atomic E-state index is 12.0. The van der Waals surface area contributed by atoms with Crippen molar-refractivity contribution in [2.75, 3.05) is 19.7 Å². The van der Waals surface area contributed by atoms with E-state index < -0.39 is 0 Å². The number of benzene rings is 1. The molecule has 0 bridgehead atoms. The summed E-state index contributed by atoms with van der Waals surface area (Å²) in [6.07, 6.45) is 3.32. The van der Waals surface area contributed by atoms with Gasteiger partial charge in [-0.05, 0) is 37.5 Å². The lowest BCUT2D eigenvalue weighted by Crippen LogP contribution is -2.38. The van der Waals surface area contributed by atoms with Crippen molar-refractivity contribution in [3.8, 4) is 5.75 Å². The lowest BCUT2D eigenvalue weighted by atomic mass is 10.1. The van der Waals surface area contributed by atoms with Crippen molar-refractivity contribution in [1.29, 1.82) is 0 Å². The number of carbonyl (C=O) groups excluding carboxylic acids is 1. The number of rotatable bonds is 4. The van der Waals surface area contributed by atoms with Crippen LogP contribution in [-0.2, 0) is 4.79 Å². The van der Waals surface area contributed by atoms with Gasteiger partial charge in [0.15, 0.2) is 6.61 Å². The quantitative estimate of drug-likeness (QED) is 0.867. The van der Waals surface area contributed by atoms with Gasteiger partial charge in [0.1, 0.15) is 10.7 Å². The van der Waals surface area contributed by atoms with Crippen LogP contribution in [0.1, 0.15) is 24.8 Å². The standard InChI is InChI=1S/C14H17ClN2O2S/c15-11-8-10(14(16)20)4-5-12(11)19-9-13(18)17-6-2-1-3-7-17/h4-5,8H,1-3,6-7,9H2,(H2,16,20). The van der Waals surface area contributed by atoms with Gasteiger partial charge in [0.05, 0.1) is 5.02 Å². The minimum atomic E-state index is -0.000751. The highest BCUT2D eigenvalue weighted by molar-refractivity contribution is 7.80. The van der Waals surface area contributed by atoms with E-state index in [-0.39, 0.29) is 17.5 Å². The summed E-state index contributed by atoms with van der Waals surface area (Å²) >= 11 is 11.0. The second-order valence-electron chi connectivity index (χ2n) is 4.74. The van der Waals surface area contributed by atoms with Crippen molar-refractivity contribution in [2.45, 2.75) is 19.3 Å². The third-order valence-electron chi connectivity index (χ3n) is 3.28. The lowest BCUT2D eigenvalue weighted by Gasteiger charge is -2.26. The van der Waals surface area contributed by atoms with Crippen molar-refractivity contribution >= 4 is 34.7 Å². The first-order valence-corrected chi connectivity index (χ1v) is 7.36. The summed E-state index contributed by atoms with van der Waals surface area (Å²) in [5, 5.41) is 0.404. The minimum Gasteiger partial charge on any atom is -0.482 e. The number of ether oxygens (including phenoxy) is 1. The first-order chi connectivity index (χ1) is 9.58. The number of hydrogen-bond donors (Lipinski definition) is 1. The Labute approximate surface area is 128 Å². The van der Waals surface area contributed by atoms with E-state index in [1.807, 2.05) is 4.90 Å². The van der Waals surface area contributed by atoms with Crippen LogP contribution in [0.4, 0.5) is 0 Å². The Morgan fingerprint density at radius 1 is 1.35 bits per heavy atom. The minimum absolute atomic E-state index is 0.000751. The van der Waals surface area contributed by atoms with Gasteiger partial charge < -0.3 is 15.4 Å². The SMILES string of the molecule is NC(=S)c1ccc(OCC(=O)N2CCCCC2)c(Cl)c1. The van der Waals surface area contributed by atoms with Crippen LogP contribution in [0.5, 0.6) is 5.75 Å².